The summed E-state index contributed by atoms with van der Waals surface area (Å²) in [5.41, 5.74) is 0.372. The van der Waals surface area contributed by atoms with Gasteiger partial charge in [-0.25, -0.2) is 14.8 Å². The predicted molar refractivity (Wildman–Crippen MR) is 72.6 cm³/mol. The Labute approximate surface area is 116 Å². The zero-order chi connectivity index (χ0) is 13.8. The molecule has 0 unspecified atom stereocenters. The van der Waals surface area contributed by atoms with Crippen molar-refractivity contribution in [2.24, 2.45) is 0 Å². The minimum atomic E-state index is -0.436. The summed E-state index contributed by atoms with van der Waals surface area (Å²) >= 11 is 1.43. The molecule has 1 N–H and O–H groups in total. The van der Waals surface area contributed by atoms with Crippen molar-refractivity contribution in [3.8, 4) is 0 Å². The Bertz CT molecular complexity index is 462. The quantitative estimate of drug-likeness (QED) is 0.503. The third-order valence-corrected chi connectivity index (χ3v) is 3.66. The maximum absolute atomic E-state index is 11.8. The number of rotatable bonds is 3. The highest BCUT2D eigenvalue weighted by Gasteiger charge is 2.24. The maximum Gasteiger partial charge on any atom is 0.343 e. The lowest BCUT2D eigenvalue weighted by atomic mass is 10.1. The number of hydrogen-bond acceptors (Lipinski definition) is 7. The summed E-state index contributed by atoms with van der Waals surface area (Å²) in [4.78, 5) is 22.3. The van der Waals surface area contributed by atoms with E-state index in [-0.39, 0.29) is 6.10 Å². The number of carbonyl (C=O) groups excluding carboxylic acids is 1. The molecule has 104 valence electrons. The molecule has 1 aromatic rings. The van der Waals surface area contributed by atoms with Crippen LogP contribution in [0.3, 0.4) is 0 Å². The van der Waals surface area contributed by atoms with Crippen LogP contribution < -0.4 is 4.90 Å². The van der Waals surface area contributed by atoms with Crippen molar-refractivity contribution in [1.82, 2.24) is 9.97 Å². The van der Waals surface area contributed by atoms with Crippen LogP contribution in [0, 0.1) is 0 Å². The lowest BCUT2D eigenvalue weighted by Crippen LogP contribution is -2.37. The van der Waals surface area contributed by atoms with E-state index in [0.717, 1.165) is 0 Å². The molecule has 19 heavy (non-hydrogen) atoms. The van der Waals surface area contributed by atoms with Gasteiger partial charge in [0.1, 0.15) is 11.4 Å². The van der Waals surface area contributed by atoms with Crippen LogP contribution in [0.15, 0.2) is 11.4 Å². The van der Waals surface area contributed by atoms with Gasteiger partial charge in [-0.2, -0.15) is 0 Å². The van der Waals surface area contributed by atoms with Crippen molar-refractivity contribution < 1.29 is 14.6 Å². The molecule has 0 atom stereocenters. The van der Waals surface area contributed by atoms with E-state index in [2.05, 4.69) is 9.97 Å². The number of piperidine rings is 1. The second kappa shape index (κ2) is 6.21. The van der Waals surface area contributed by atoms with Gasteiger partial charge in [0.05, 0.1) is 13.2 Å². The number of thioether (sulfide) groups is 1. The molecule has 0 aromatic carbocycles. The van der Waals surface area contributed by atoms with Crippen LogP contribution in [-0.2, 0) is 4.74 Å². The maximum atomic E-state index is 11.8. The molecule has 0 amide bonds. The van der Waals surface area contributed by atoms with Crippen LogP contribution in [0.25, 0.3) is 0 Å². The van der Waals surface area contributed by atoms with Crippen LogP contribution in [-0.4, -0.2) is 53.6 Å². The van der Waals surface area contributed by atoms with Gasteiger partial charge < -0.3 is 14.7 Å². The Morgan fingerprint density at radius 3 is 2.79 bits per heavy atom. The van der Waals surface area contributed by atoms with Gasteiger partial charge in [-0.1, -0.05) is 11.8 Å². The smallest absolute Gasteiger partial charge is 0.343 e. The molecule has 0 saturated carbocycles. The Balaban J connectivity index is 2.32. The second-order valence-electron chi connectivity index (χ2n) is 4.30. The monoisotopic (exact) mass is 283 g/mol. The van der Waals surface area contributed by atoms with Crippen molar-refractivity contribution in [2.45, 2.75) is 24.1 Å². The van der Waals surface area contributed by atoms with Crippen LogP contribution in [0.2, 0.25) is 0 Å². The summed E-state index contributed by atoms with van der Waals surface area (Å²) in [6.07, 6.45) is 4.49. The molecule has 1 aromatic heterocycles. The van der Waals surface area contributed by atoms with E-state index in [4.69, 9.17) is 4.74 Å². The first kappa shape index (κ1) is 14.1. The van der Waals surface area contributed by atoms with E-state index in [1.165, 1.54) is 25.1 Å². The second-order valence-corrected chi connectivity index (χ2v) is 5.08. The first-order valence-electron chi connectivity index (χ1n) is 6.08. The molecule has 0 spiro atoms. The number of aromatic nitrogens is 2. The summed E-state index contributed by atoms with van der Waals surface area (Å²) in [5.74, 6) is 0.159. The standard InChI is InChI=1S/C12H17N3O3S/c1-18-11(17)9-7-13-12(19-2)14-10(9)15-5-3-8(16)4-6-15/h7-8,16H,3-6H2,1-2H3. The predicted octanol–water partition coefficient (Wildman–Crippen LogP) is 0.946. The lowest BCUT2D eigenvalue weighted by molar-refractivity contribution is 0.0600. The van der Waals surface area contributed by atoms with Gasteiger partial charge >= 0.3 is 5.97 Å². The van der Waals surface area contributed by atoms with Crippen molar-refractivity contribution in [3.63, 3.8) is 0 Å². The fourth-order valence-corrected chi connectivity index (χ4v) is 2.36. The Morgan fingerprint density at radius 1 is 1.53 bits per heavy atom. The number of hydrogen-bond donors (Lipinski definition) is 1. The Morgan fingerprint density at radius 2 is 2.21 bits per heavy atom. The minimum Gasteiger partial charge on any atom is -0.465 e. The van der Waals surface area contributed by atoms with Crippen molar-refractivity contribution in [1.29, 1.82) is 0 Å². The average molecular weight is 283 g/mol. The minimum absolute atomic E-state index is 0.264. The van der Waals surface area contributed by atoms with E-state index in [0.29, 0.717) is 42.5 Å². The van der Waals surface area contributed by atoms with E-state index >= 15 is 0 Å². The highest BCUT2D eigenvalue weighted by Crippen LogP contribution is 2.24. The van der Waals surface area contributed by atoms with Gasteiger partial charge in [0.2, 0.25) is 0 Å². The molecular weight excluding hydrogens is 266 g/mol. The summed E-state index contributed by atoms with van der Waals surface area (Å²) in [6, 6.07) is 0. The SMILES string of the molecule is COC(=O)c1cnc(SC)nc1N1CCC(O)CC1. The fraction of sp³-hybridized carbons (Fsp3) is 0.583. The van der Waals surface area contributed by atoms with E-state index in [9.17, 15) is 9.90 Å². The van der Waals surface area contributed by atoms with Crippen LogP contribution in [0.5, 0.6) is 0 Å². The molecule has 2 heterocycles. The third-order valence-electron chi connectivity index (χ3n) is 3.10. The highest BCUT2D eigenvalue weighted by atomic mass is 32.2. The molecule has 1 aliphatic heterocycles. The van der Waals surface area contributed by atoms with Gasteiger partial charge in [0, 0.05) is 19.3 Å². The number of anilines is 1. The largest absolute Gasteiger partial charge is 0.465 e. The van der Waals surface area contributed by atoms with Crippen LogP contribution in [0.4, 0.5) is 5.82 Å². The normalized spacial score (nSPS) is 16.5. The zero-order valence-electron chi connectivity index (χ0n) is 11.0. The molecule has 0 bridgehead atoms. The third kappa shape index (κ3) is 3.16. The molecule has 1 aliphatic rings. The summed E-state index contributed by atoms with van der Waals surface area (Å²) in [7, 11) is 1.34. The molecule has 6 nitrogen and oxygen atoms in total. The molecule has 0 radical (unpaired) electrons. The summed E-state index contributed by atoms with van der Waals surface area (Å²) < 4.78 is 4.76. The molecule has 1 saturated heterocycles. The molecular formula is C12H17N3O3S. The van der Waals surface area contributed by atoms with E-state index in [1.807, 2.05) is 11.2 Å². The average Bonchev–Trinajstić information content (AvgIpc) is 2.46. The number of ether oxygens (including phenoxy) is 1. The topological polar surface area (TPSA) is 75.5 Å². The molecule has 1 fully saturated rings. The van der Waals surface area contributed by atoms with E-state index < -0.39 is 5.97 Å². The Kier molecular flexibility index (Phi) is 4.60. The molecule has 7 heteroatoms. The fourth-order valence-electron chi connectivity index (χ4n) is 2.03. The van der Waals surface area contributed by atoms with Gasteiger partial charge in [-0.3, -0.25) is 0 Å². The van der Waals surface area contributed by atoms with Gasteiger partial charge in [0.25, 0.3) is 0 Å². The van der Waals surface area contributed by atoms with Gasteiger partial charge in [-0.15, -0.1) is 0 Å². The number of methoxy groups -OCH3 is 1. The highest BCUT2D eigenvalue weighted by molar-refractivity contribution is 7.98. The summed E-state index contributed by atoms with van der Waals surface area (Å²) in [5, 5.41) is 10.2. The number of aliphatic hydroxyl groups is 1. The van der Waals surface area contributed by atoms with Crippen molar-refractivity contribution in [3.05, 3.63) is 11.8 Å². The van der Waals surface area contributed by atoms with Gasteiger partial charge in [-0.05, 0) is 19.1 Å². The van der Waals surface area contributed by atoms with Crippen LogP contribution >= 0.6 is 11.8 Å². The lowest BCUT2D eigenvalue weighted by Gasteiger charge is -2.31. The first-order valence-corrected chi connectivity index (χ1v) is 7.30. The number of esters is 1. The van der Waals surface area contributed by atoms with Crippen LogP contribution in [0.1, 0.15) is 23.2 Å². The first-order chi connectivity index (χ1) is 9.15. The number of aliphatic hydroxyl groups excluding tert-OH is 1. The molecule has 2 rings (SSSR count). The van der Waals surface area contributed by atoms with Crippen molar-refractivity contribution in [2.75, 3.05) is 31.4 Å². The zero-order valence-corrected chi connectivity index (χ0v) is 11.8. The Hall–Kier alpha value is -1.34. The summed E-state index contributed by atoms with van der Waals surface area (Å²) in [6.45, 7) is 1.35. The number of nitrogens with zero attached hydrogens (tertiary/aromatic N) is 3. The van der Waals surface area contributed by atoms with Gasteiger partial charge in [0.15, 0.2) is 5.16 Å². The van der Waals surface area contributed by atoms with E-state index in [1.54, 1.807) is 0 Å². The molecule has 0 aliphatic carbocycles. The number of carbonyl (C=O) groups is 1. The van der Waals surface area contributed by atoms with Crippen molar-refractivity contribution >= 4 is 23.5 Å².